The number of rotatable bonds is 4. The molecule has 0 aliphatic heterocycles. The minimum Gasteiger partial charge on any atom is -0.298 e. The van der Waals surface area contributed by atoms with Crippen molar-refractivity contribution in [3.05, 3.63) is 76.4 Å². The van der Waals surface area contributed by atoms with Crippen LogP contribution in [0.25, 0.3) is 5.65 Å². The zero-order chi connectivity index (χ0) is 18.1. The zero-order valence-corrected chi connectivity index (χ0v) is 14.6. The molecule has 0 spiro atoms. The van der Waals surface area contributed by atoms with Gasteiger partial charge >= 0.3 is 0 Å². The summed E-state index contributed by atoms with van der Waals surface area (Å²) in [5, 5.41) is 7.43. The van der Waals surface area contributed by atoms with E-state index in [4.69, 9.17) is 0 Å². The summed E-state index contributed by atoms with van der Waals surface area (Å²) >= 11 is 1.41. The van der Waals surface area contributed by atoms with Gasteiger partial charge in [0, 0.05) is 23.7 Å². The lowest BCUT2D eigenvalue weighted by Gasteiger charge is -2.00. The lowest BCUT2D eigenvalue weighted by Crippen LogP contribution is -2.11. The van der Waals surface area contributed by atoms with Gasteiger partial charge in [0.25, 0.3) is 5.91 Å². The van der Waals surface area contributed by atoms with Crippen molar-refractivity contribution in [2.45, 2.75) is 13.3 Å². The Morgan fingerprint density at radius 3 is 2.92 bits per heavy atom. The van der Waals surface area contributed by atoms with Crippen LogP contribution in [0.4, 0.5) is 9.52 Å². The first kappa shape index (κ1) is 16.3. The Balaban J connectivity index is 1.53. The van der Waals surface area contributed by atoms with Crippen LogP contribution in [0.2, 0.25) is 0 Å². The van der Waals surface area contributed by atoms with E-state index in [0.717, 1.165) is 16.1 Å². The van der Waals surface area contributed by atoms with Gasteiger partial charge in [0.15, 0.2) is 10.8 Å². The van der Waals surface area contributed by atoms with Crippen LogP contribution >= 0.6 is 11.3 Å². The van der Waals surface area contributed by atoms with Crippen molar-refractivity contribution in [3.63, 3.8) is 0 Å². The van der Waals surface area contributed by atoms with Crippen molar-refractivity contribution in [1.82, 2.24) is 19.6 Å². The van der Waals surface area contributed by atoms with Gasteiger partial charge in [0.05, 0.1) is 11.9 Å². The van der Waals surface area contributed by atoms with Crippen molar-refractivity contribution < 1.29 is 9.18 Å². The van der Waals surface area contributed by atoms with Crippen LogP contribution in [0.5, 0.6) is 0 Å². The fourth-order valence-corrected chi connectivity index (χ4v) is 3.58. The molecule has 4 rings (SSSR count). The molecule has 8 heteroatoms. The third kappa shape index (κ3) is 3.18. The molecule has 3 aromatic heterocycles. The van der Waals surface area contributed by atoms with Gasteiger partial charge in [-0.25, -0.2) is 18.9 Å². The highest BCUT2D eigenvalue weighted by molar-refractivity contribution is 7.15. The number of carbonyl (C=O) groups is 1. The van der Waals surface area contributed by atoms with Crippen molar-refractivity contribution in [2.75, 3.05) is 5.32 Å². The predicted molar refractivity (Wildman–Crippen MR) is 97.0 cm³/mol. The molecule has 0 saturated carbocycles. The van der Waals surface area contributed by atoms with Crippen molar-refractivity contribution in [1.29, 1.82) is 0 Å². The van der Waals surface area contributed by atoms with Crippen LogP contribution in [0.15, 0.2) is 48.9 Å². The summed E-state index contributed by atoms with van der Waals surface area (Å²) in [5.74, 6) is -0.564. The molecule has 0 aliphatic carbocycles. The number of benzene rings is 1. The maximum Gasteiger partial charge on any atom is 0.262 e. The van der Waals surface area contributed by atoms with Crippen LogP contribution < -0.4 is 5.32 Å². The number of nitrogens with one attached hydrogen (secondary N) is 1. The second kappa shape index (κ2) is 6.64. The Bertz CT molecular complexity index is 1090. The van der Waals surface area contributed by atoms with Gasteiger partial charge in [-0.05, 0) is 30.7 Å². The summed E-state index contributed by atoms with van der Waals surface area (Å²) in [6.45, 7) is 1.89. The van der Waals surface area contributed by atoms with Gasteiger partial charge in [-0.2, -0.15) is 5.10 Å². The summed E-state index contributed by atoms with van der Waals surface area (Å²) in [7, 11) is 0. The lowest BCUT2D eigenvalue weighted by molar-refractivity contribution is 0.102. The van der Waals surface area contributed by atoms with Crippen LogP contribution in [0.3, 0.4) is 0 Å². The molecule has 0 saturated heterocycles. The smallest absolute Gasteiger partial charge is 0.262 e. The molecule has 0 unspecified atom stereocenters. The zero-order valence-electron chi connectivity index (χ0n) is 13.8. The van der Waals surface area contributed by atoms with Crippen LogP contribution in [-0.2, 0) is 6.42 Å². The average molecular weight is 367 g/mol. The molecule has 0 fully saturated rings. The quantitative estimate of drug-likeness (QED) is 0.599. The van der Waals surface area contributed by atoms with Gasteiger partial charge in [0.2, 0.25) is 0 Å². The number of aryl methyl sites for hydroxylation is 1. The molecular weight excluding hydrogens is 353 g/mol. The lowest BCUT2D eigenvalue weighted by atomic mass is 10.1. The maximum absolute atomic E-state index is 13.0. The number of hydrogen-bond donors (Lipinski definition) is 1. The van der Waals surface area contributed by atoms with E-state index in [1.54, 1.807) is 35.1 Å². The fraction of sp³-hybridized carbons (Fsp3) is 0.111. The molecule has 130 valence electrons. The molecule has 6 nitrogen and oxygen atoms in total. The van der Waals surface area contributed by atoms with Gasteiger partial charge in [-0.15, -0.1) is 11.3 Å². The number of nitrogens with zero attached hydrogens (tertiary/aromatic N) is 4. The molecule has 4 aromatic rings. The Hall–Kier alpha value is -3.13. The molecule has 3 heterocycles. The topological polar surface area (TPSA) is 72.2 Å². The highest BCUT2D eigenvalue weighted by Crippen LogP contribution is 2.26. The van der Waals surface area contributed by atoms with E-state index in [2.05, 4.69) is 20.4 Å². The maximum atomic E-state index is 13.0. The molecule has 0 radical (unpaired) electrons. The molecule has 0 aliphatic rings. The molecule has 1 aromatic carbocycles. The van der Waals surface area contributed by atoms with E-state index >= 15 is 0 Å². The number of carbonyl (C=O) groups excluding carboxylic acids is 1. The van der Waals surface area contributed by atoms with E-state index < -0.39 is 0 Å². The van der Waals surface area contributed by atoms with Crippen LogP contribution in [0.1, 0.15) is 26.5 Å². The minimum atomic E-state index is -0.305. The second-order valence-corrected chi connectivity index (χ2v) is 6.81. The molecular formula is C18H14FN5OS. The Kier molecular flexibility index (Phi) is 4.18. The Labute approximate surface area is 152 Å². The average Bonchev–Trinajstić information content (AvgIpc) is 3.20. The summed E-state index contributed by atoms with van der Waals surface area (Å²) in [6, 6.07) is 8.11. The van der Waals surface area contributed by atoms with E-state index in [0.29, 0.717) is 22.8 Å². The highest BCUT2D eigenvalue weighted by Gasteiger charge is 2.16. The van der Waals surface area contributed by atoms with Crippen LogP contribution in [0, 0.1) is 12.7 Å². The normalized spacial score (nSPS) is 11.0. The highest BCUT2D eigenvalue weighted by atomic mass is 32.1. The van der Waals surface area contributed by atoms with E-state index in [1.165, 1.54) is 29.7 Å². The molecule has 0 bridgehead atoms. The van der Waals surface area contributed by atoms with Crippen molar-refractivity contribution >= 4 is 28.0 Å². The number of anilines is 1. The van der Waals surface area contributed by atoms with Crippen molar-refractivity contribution in [2.24, 2.45) is 0 Å². The van der Waals surface area contributed by atoms with Gasteiger partial charge in [-0.3, -0.25) is 10.1 Å². The Morgan fingerprint density at radius 2 is 2.12 bits per heavy atom. The third-order valence-corrected chi connectivity index (χ3v) is 4.99. The number of hydrogen-bond acceptors (Lipinski definition) is 5. The number of aromatic nitrogens is 4. The van der Waals surface area contributed by atoms with Gasteiger partial charge < -0.3 is 0 Å². The fourth-order valence-electron chi connectivity index (χ4n) is 2.58. The predicted octanol–water partition coefficient (Wildman–Crippen LogP) is 3.48. The van der Waals surface area contributed by atoms with Crippen LogP contribution in [-0.4, -0.2) is 25.5 Å². The third-order valence-electron chi connectivity index (χ3n) is 3.91. The summed E-state index contributed by atoms with van der Waals surface area (Å²) in [5.41, 5.74) is 2.71. The molecule has 26 heavy (non-hydrogen) atoms. The van der Waals surface area contributed by atoms with E-state index in [1.807, 2.05) is 6.92 Å². The van der Waals surface area contributed by atoms with E-state index in [-0.39, 0.29) is 11.7 Å². The van der Waals surface area contributed by atoms with Crippen molar-refractivity contribution in [3.8, 4) is 0 Å². The first-order valence-electron chi connectivity index (χ1n) is 7.90. The number of halogens is 1. The molecule has 0 atom stereocenters. The molecule has 1 N–H and O–H groups in total. The number of amides is 1. The first-order valence-corrected chi connectivity index (χ1v) is 8.72. The summed E-state index contributed by atoms with van der Waals surface area (Å²) < 4.78 is 14.6. The first-order chi connectivity index (χ1) is 12.6. The minimum absolute atomic E-state index is 0.259. The molecule has 1 amide bonds. The standard InChI is InChI=1S/C18H14FN5OS/c1-11-15(9-12-3-5-13(19)6-4-12)26-18(22-11)23-17(25)14-10-21-24-8-2-7-20-16(14)24/h2-8,10H,9H2,1H3,(H,22,23,25). The van der Waals surface area contributed by atoms with Gasteiger partial charge in [0.1, 0.15) is 11.4 Å². The number of thiazole rings is 1. The summed E-state index contributed by atoms with van der Waals surface area (Å²) in [6.07, 6.45) is 5.46. The van der Waals surface area contributed by atoms with Gasteiger partial charge in [-0.1, -0.05) is 12.1 Å². The number of fused-ring (bicyclic) bond motifs is 1. The van der Waals surface area contributed by atoms with E-state index in [9.17, 15) is 9.18 Å². The Morgan fingerprint density at radius 1 is 1.31 bits per heavy atom. The largest absolute Gasteiger partial charge is 0.298 e. The monoisotopic (exact) mass is 367 g/mol. The summed E-state index contributed by atoms with van der Waals surface area (Å²) in [4.78, 5) is 22.1. The second-order valence-electron chi connectivity index (χ2n) is 5.73. The SMILES string of the molecule is Cc1nc(NC(=O)c2cnn3cccnc23)sc1Cc1ccc(F)cc1.